The Hall–Kier alpha value is 0.310. The molecule has 1 saturated heterocycles. The summed E-state index contributed by atoms with van der Waals surface area (Å²) >= 11 is 1.89. The SMILES string of the molecule is CSC[C@@H]1CC[C@@H](C(C)C)O1. The number of ether oxygens (including phenoxy) is 1. The fourth-order valence-electron chi connectivity index (χ4n) is 1.53. The van der Waals surface area contributed by atoms with E-state index in [9.17, 15) is 0 Å². The van der Waals surface area contributed by atoms with E-state index in [1.165, 1.54) is 18.6 Å². The van der Waals surface area contributed by atoms with Crippen molar-refractivity contribution in [3.63, 3.8) is 0 Å². The van der Waals surface area contributed by atoms with Gasteiger partial charge in [-0.05, 0) is 25.0 Å². The molecule has 2 heteroatoms. The summed E-state index contributed by atoms with van der Waals surface area (Å²) in [5.74, 6) is 1.87. The molecule has 0 aromatic carbocycles. The molecule has 0 amide bonds. The first-order valence-corrected chi connectivity index (χ1v) is 5.77. The lowest BCUT2D eigenvalue weighted by Gasteiger charge is -2.15. The Kier molecular flexibility index (Phi) is 3.73. The maximum Gasteiger partial charge on any atom is 0.0670 e. The lowest BCUT2D eigenvalue weighted by molar-refractivity contribution is 0.0311. The topological polar surface area (TPSA) is 9.23 Å². The molecule has 1 aliphatic heterocycles. The monoisotopic (exact) mass is 174 g/mol. The number of thioether (sulfide) groups is 1. The molecule has 0 N–H and O–H groups in total. The van der Waals surface area contributed by atoms with Crippen molar-refractivity contribution in [2.24, 2.45) is 5.92 Å². The predicted molar refractivity (Wildman–Crippen MR) is 51.1 cm³/mol. The third kappa shape index (κ3) is 2.68. The molecular formula is C9H18OS. The molecule has 0 bridgehead atoms. The molecule has 1 heterocycles. The lowest BCUT2D eigenvalue weighted by atomic mass is 10.0. The molecule has 1 aliphatic rings. The summed E-state index contributed by atoms with van der Waals surface area (Å²) in [5, 5.41) is 0. The minimum atomic E-state index is 0.534. The van der Waals surface area contributed by atoms with E-state index in [0.29, 0.717) is 18.1 Å². The van der Waals surface area contributed by atoms with Gasteiger partial charge < -0.3 is 4.74 Å². The van der Waals surface area contributed by atoms with E-state index < -0.39 is 0 Å². The van der Waals surface area contributed by atoms with Crippen LogP contribution >= 0.6 is 11.8 Å². The van der Waals surface area contributed by atoms with Crippen LogP contribution in [0, 0.1) is 5.92 Å². The maximum atomic E-state index is 5.84. The third-order valence-electron chi connectivity index (χ3n) is 2.24. The second kappa shape index (κ2) is 4.36. The molecule has 0 radical (unpaired) electrons. The summed E-state index contributed by atoms with van der Waals surface area (Å²) in [5.41, 5.74) is 0. The Bertz CT molecular complexity index is 114. The van der Waals surface area contributed by atoms with E-state index >= 15 is 0 Å². The normalized spacial score (nSPS) is 31.6. The Morgan fingerprint density at radius 1 is 1.45 bits per heavy atom. The van der Waals surface area contributed by atoms with Crippen LogP contribution in [0.25, 0.3) is 0 Å². The van der Waals surface area contributed by atoms with Crippen LogP contribution in [0.1, 0.15) is 26.7 Å². The number of hydrogen-bond donors (Lipinski definition) is 0. The van der Waals surface area contributed by atoms with Crippen LogP contribution in [0.5, 0.6) is 0 Å². The minimum Gasteiger partial charge on any atom is -0.374 e. The first kappa shape index (κ1) is 9.40. The van der Waals surface area contributed by atoms with Gasteiger partial charge in [-0.15, -0.1) is 0 Å². The fourth-order valence-corrected chi connectivity index (χ4v) is 2.15. The Labute approximate surface area is 73.9 Å². The zero-order valence-electron chi connectivity index (χ0n) is 7.67. The molecule has 1 rings (SSSR count). The highest BCUT2D eigenvalue weighted by Gasteiger charge is 2.26. The van der Waals surface area contributed by atoms with E-state index in [1.54, 1.807) is 0 Å². The van der Waals surface area contributed by atoms with Crippen LogP contribution in [0.15, 0.2) is 0 Å². The van der Waals surface area contributed by atoms with Crippen molar-refractivity contribution in [2.45, 2.75) is 38.9 Å². The van der Waals surface area contributed by atoms with Crippen LogP contribution in [0.3, 0.4) is 0 Å². The highest BCUT2D eigenvalue weighted by atomic mass is 32.2. The molecule has 1 fully saturated rings. The molecule has 0 aromatic rings. The summed E-state index contributed by atoms with van der Waals surface area (Å²) in [6, 6.07) is 0. The van der Waals surface area contributed by atoms with Crippen molar-refractivity contribution >= 4 is 11.8 Å². The quantitative estimate of drug-likeness (QED) is 0.650. The second-order valence-corrected chi connectivity index (χ2v) is 4.48. The van der Waals surface area contributed by atoms with Gasteiger partial charge in [-0.1, -0.05) is 13.8 Å². The predicted octanol–water partition coefficient (Wildman–Crippen LogP) is 2.55. The molecule has 2 atom stereocenters. The van der Waals surface area contributed by atoms with Gasteiger partial charge in [0.2, 0.25) is 0 Å². The Balaban J connectivity index is 2.23. The van der Waals surface area contributed by atoms with Crippen molar-refractivity contribution in [3.8, 4) is 0 Å². The van der Waals surface area contributed by atoms with Gasteiger partial charge in [0.25, 0.3) is 0 Å². The van der Waals surface area contributed by atoms with Crippen LogP contribution in [-0.2, 0) is 4.74 Å². The average Bonchev–Trinajstić information content (AvgIpc) is 2.37. The van der Waals surface area contributed by atoms with Gasteiger partial charge in [0.1, 0.15) is 0 Å². The lowest BCUT2D eigenvalue weighted by Crippen LogP contribution is -2.17. The van der Waals surface area contributed by atoms with Crippen molar-refractivity contribution < 1.29 is 4.74 Å². The van der Waals surface area contributed by atoms with E-state index in [2.05, 4.69) is 20.1 Å². The molecule has 0 aliphatic carbocycles. The van der Waals surface area contributed by atoms with Crippen molar-refractivity contribution in [1.82, 2.24) is 0 Å². The number of rotatable bonds is 3. The van der Waals surface area contributed by atoms with Gasteiger partial charge in [-0.3, -0.25) is 0 Å². The Morgan fingerprint density at radius 3 is 2.64 bits per heavy atom. The largest absolute Gasteiger partial charge is 0.374 e. The van der Waals surface area contributed by atoms with Gasteiger partial charge in [0.15, 0.2) is 0 Å². The highest BCUT2D eigenvalue weighted by Crippen LogP contribution is 2.26. The summed E-state index contributed by atoms with van der Waals surface area (Å²) in [6.07, 6.45) is 5.75. The smallest absolute Gasteiger partial charge is 0.0670 e. The summed E-state index contributed by atoms with van der Waals surface area (Å²) in [7, 11) is 0. The molecule has 0 aromatic heterocycles. The van der Waals surface area contributed by atoms with Crippen LogP contribution < -0.4 is 0 Å². The van der Waals surface area contributed by atoms with Gasteiger partial charge in [-0.25, -0.2) is 0 Å². The Morgan fingerprint density at radius 2 is 2.18 bits per heavy atom. The van der Waals surface area contributed by atoms with Crippen LogP contribution in [-0.4, -0.2) is 24.2 Å². The highest BCUT2D eigenvalue weighted by molar-refractivity contribution is 7.98. The van der Waals surface area contributed by atoms with Gasteiger partial charge in [0, 0.05) is 5.75 Å². The van der Waals surface area contributed by atoms with Crippen LogP contribution in [0.2, 0.25) is 0 Å². The van der Waals surface area contributed by atoms with Crippen molar-refractivity contribution in [2.75, 3.05) is 12.0 Å². The summed E-state index contributed by atoms with van der Waals surface area (Å²) < 4.78 is 5.84. The molecule has 1 nitrogen and oxygen atoms in total. The molecule has 0 spiro atoms. The van der Waals surface area contributed by atoms with Gasteiger partial charge in [-0.2, -0.15) is 11.8 Å². The third-order valence-corrected chi connectivity index (χ3v) is 2.94. The summed E-state index contributed by atoms with van der Waals surface area (Å²) in [6.45, 7) is 4.48. The summed E-state index contributed by atoms with van der Waals surface area (Å²) in [4.78, 5) is 0. The standard InChI is InChI=1S/C9H18OS/c1-7(2)9-5-4-8(10-9)6-11-3/h7-9H,4-6H2,1-3H3/t8-,9-/m0/s1. The second-order valence-electron chi connectivity index (χ2n) is 3.57. The molecule has 0 saturated carbocycles. The fraction of sp³-hybridized carbons (Fsp3) is 1.00. The van der Waals surface area contributed by atoms with Gasteiger partial charge in [0.05, 0.1) is 12.2 Å². The van der Waals surface area contributed by atoms with E-state index in [-0.39, 0.29) is 0 Å². The first-order chi connectivity index (χ1) is 5.24. The first-order valence-electron chi connectivity index (χ1n) is 4.38. The van der Waals surface area contributed by atoms with Crippen LogP contribution in [0.4, 0.5) is 0 Å². The van der Waals surface area contributed by atoms with Crippen molar-refractivity contribution in [1.29, 1.82) is 0 Å². The van der Waals surface area contributed by atoms with E-state index in [0.717, 1.165) is 0 Å². The van der Waals surface area contributed by atoms with Gasteiger partial charge >= 0.3 is 0 Å². The number of hydrogen-bond acceptors (Lipinski definition) is 2. The maximum absolute atomic E-state index is 5.84. The molecule has 66 valence electrons. The molecule has 0 unspecified atom stereocenters. The van der Waals surface area contributed by atoms with E-state index in [4.69, 9.17) is 4.74 Å². The molecule has 11 heavy (non-hydrogen) atoms. The minimum absolute atomic E-state index is 0.534. The zero-order valence-corrected chi connectivity index (χ0v) is 8.49. The molecular weight excluding hydrogens is 156 g/mol. The average molecular weight is 174 g/mol. The van der Waals surface area contributed by atoms with Crippen molar-refractivity contribution in [3.05, 3.63) is 0 Å². The zero-order chi connectivity index (χ0) is 8.27. The van der Waals surface area contributed by atoms with E-state index in [1.807, 2.05) is 11.8 Å².